The summed E-state index contributed by atoms with van der Waals surface area (Å²) in [6.07, 6.45) is 0. The number of thioether (sulfide) groups is 1. The van der Waals surface area contributed by atoms with Crippen LogP contribution in [0.3, 0.4) is 0 Å². The number of aliphatic hydroxyl groups is 2. The zero-order valence-electron chi connectivity index (χ0n) is 8.61. The summed E-state index contributed by atoms with van der Waals surface area (Å²) in [4.78, 5) is 1.03. The van der Waals surface area contributed by atoms with E-state index in [1.807, 2.05) is 19.1 Å². The lowest BCUT2D eigenvalue weighted by atomic mass is 10.2. The number of aliphatic hydroxyl groups excluding tert-OH is 2. The minimum atomic E-state index is -0.00357. The summed E-state index contributed by atoms with van der Waals surface area (Å²) in [5, 5.41) is 18.7. The average molecular weight is 247 g/mol. The van der Waals surface area contributed by atoms with Crippen molar-refractivity contribution in [2.45, 2.75) is 18.4 Å². The fraction of sp³-hybridized carbons (Fsp3) is 0.455. The lowest BCUT2D eigenvalue weighted by molar-refractivity contribution is 0.250. The van der Waals surface area contributed by atoms with E-state index in [9.17, 15) is 0 Å². The maximum absolute atomic E-state index is 9.14. The van der Waals surface area contributed by atoms with Crippen LogP contribution in [-0.4, -0.2) is 22.6 Å². The maximum Gasteiger partial charge on any atom is 0.0693 e. The van der Waals surface area contributed by atoms with Crippen molar-refractivity contribution in [1.82, 2.24) is 0 Å². The van der Waals surface area contributed by atoms with Crippen molar-refractivity contribution < 1.29 is 10.2 Å². The van der Waals surface area contributed by atoms with Crippen molar-refractivity contribution >= 4 is 23.4 Å². The highest BCUT2D eigenvalue weighted by Gasteiger charge is 2.06. The van der Waals surface area contributed by atoms with Crippen LogP contribution in [0.4, 0.5) is 0 Å². The van der Waals surface area contributed by atoms with E-state index in [0.29, 0.717) is 5.02 Å². The molecule has 1 rings (SSSR count). The van der Waals surface area contributed by atoms with Gasteiger partial charge in [-0.05, 0) is 29.7 Å². The second-order valence-electron chi connectivity index (χ2n) is 3.51. The van der Waals surface area contributed by atoms with Gasteiger partial charge in [0.1, 0.15) is 0 Å². The van der Waals surface area contributed by atoms with Gasteiger partial charge in [-0.1, -0.05) is 18.5 Å². The summed E-state index contributed by atoms with van der Waals surface area (Å²) >= 11 is 7.46. The SMILES string of the molecule is CC(CO)CSc1ccc(Cl)cc1CO. The Hall–Kier alpha value is -0.220. The van der Waals surface area contributed by atoms with Crippen LogP contribution in [0.2, 0.25) is 5.02 Å². The molecule has 15 heavy (non-hydrogen) atoms. The molecule has 1 aromatic rings. The van der Waals surface area contributed by atoms with E-state index < -0.39 is 0 Å². The van der Waals surface area contributed by atoms with Crippen molar-refractivity contribution in [3.05, 3.63) is 28.8 Å². The van der Waals surface area contributed by atoms with Gasteiger partial charge in [0, 0.05) is 22.3 Å². The van der Waals surface area contributed by atoms with Gasteiger partial charge in [-0.15, -0.1) is 11.8 Å². The Morgan fingerprint density at radius 3 is 2.73 bits per heavy atom. The third-order valence-corrected chi connectivity index (χ3v) is 3.71. The first kappa shape index (κ1) is 12.8. The molecule has 84 valence electrons. The minimum Gasteiger partial charge on any atom is -0.396 e. The Morgan fingerprint density at radius 1 is 1.40 bits per heavy atom. The lowest BCUT2D eigenvalue weighted by Crippen LogP contribution is -2.03. The molecule has 0 aliphatic carbocycles. The molecule has 0 aliphatic rings. The maximum atomic E-state index is 9.14. The Balaban J connectivity index is 2.67. The molecule has 2 nitrogen and oxygen atoms in total. The number of rotatable bonds is 5. The molecule has 0 spiro atoms. The summed E-state index contributed by atoms with van der Waals surface area (Å²) in [6.45, 7) is 2.17. The van der Waals surface area contributed by atoms with E-state index in [2.05, 4.69) is 0 Å². The molecule has 0 aliphatic heterocycles. The van der Waals surface area contributed by atoms with Crippen LogP contribution >= 0.6 is 23.4 Å². The zero-order chi connectivity index (χ0) is 11.3. The summed E-state index contributed by atoms with van der Waals surface area (Å²) < 4.78 is 0. The van der Waals surface area contributed by atoms with Gasteiger partial charge in [-0.25, -0.2) is 0 Å². The third-order valence-electron chi connectivity index (χ3n) is 2.03. The second-order valence-corrected chi connectivity index (χ2v) is 5.01. The van der Waals surface area contributed by atoms with Gasteiger partial charge < -0.3 is 10.2 Å². The largest absolute Gasteiger partial charge is 0.396 e. The van der Waals surface area contributed by atoms with Gasteiger partial charge in [-0.3, -0.25) is 0 Å². The van der Waals surface area contributed by atoms with Crippen LogP contribution in [0, 0.1) is 5.92 Å². The number of hydrogen-bond acceptors (Lipinski definition) is 3. The molecule has 0 radical (unpaired) electrons. The Labute approximate surface area is 99.3 Å². The van der Waals surface area contributed by atoms with E-state index in [-0.39, 0.29) is 19.1 Å². The second kappa shape index (κ2) is 6.38. The van der Waals surface area contributed by atoms with Crippen LogP contribution in [0.1, 0.15) is 12.5 Å². The molecule has 0 fully saturated rings. The van der Waals surface area contributed by atoms with E-state index in [4.69, 9.17) is 21.8 Å². The standard InChI is InChI=1S/C11H15ClO2S/c1-8(5-13)7-15-11-3-2-10(12)4-9(11)6-14/h2-4,8,13-14H,5-7H2,1H3. The third kappa shape index (κ3) is 4.03. The highest BCUT2D eigenvalue weighted by molar-refractivity contribution is 7.99. The molecule has 0 amide bonds. The van der Waals surface area contributed by atoms with Gasteiger partial charge in [0.2, 0.25) is 0 Å². The lowest BCUT2D eigenvalue weighted by Gasteiger charge is -2.10. The highest BCUT2D eigenvalue weighted by atomic mass is 35.5. The predicted octanol–water partition coefficient (Wildman–Crippen LogP) is 2.55. The number of hydrogen-bond donors (Lipinski definition) is 2. The van der Waals surface area contributed by atoms with E-state index in [1.165, 1.54) is 0 Å². The van der Waals surface area contributed by atoms with Crippen LogP contribution in [0.15, 0.2) is 23.1 Å². The number of halogens is 1. The van der Waals surface area contributed by atoms with Gasteiger partial charge in [0.15, 0.2) is 0 Å². The van der Waals surface area contributed by atoms with Gasteiger partial charge in [0.25, 0.3) is 0 Å². The van der Waals surface area contributed by atoms with Crippen LogP contribution in [-0.2, 0) is 6.61 Å². The quantitative estimate of drug-likeness (QED) is 0.785. The van der Waals surface area contributed by atoms with Gasteiger partial charge in [0.05, 0.1) is 6.61 Å². The molecule has 1 aromatic carbocycles. The van der Waals surface area contributed by atoms with E-state index in [1.54, 1.807) is 17.8 Å². The fourth-order valence-corrected chi connectivity index (χ4v) is 2.33. The summed E-state index contributed by atoms with van der Waals surface area (Å²) in [7, 11) is 0. The van der Waals surface area contributed by atoms with Crippen molar-refractivity contribution in [2.75, 3.05) is 12.4 Å². The first-order chi connectivity index (χ1) is 7.17. The van der Waals surface area contributed by atoms with Gasteiger partial charge in [-0.2, -0.15) is 0 Å². The molecular formula is C11H15ClO2S. The summed E-state index contributed by atoms with van der Waals surface area (Å²) in [5.74, 6) is 1.10. The fourth-order valence-electron chi connectivity index (χ4n) is 1.10. The molecule has 1 unspecified atom stereocenters. The molecule has 0 saturated carbocycles. The van der Waals surface area contributed by atoms with Crippen molar-refractivity contribution in [3.63, 3.8) is 0 Å². The van der Waals surface area contributed by atoms with Crippen LogP contribution in [0.5, 0.6) is 0 Å². The first-order valence-electron chi connectivity index (χ1n) is 4.80. The minimum absolute atomic E-state index is 0.00357. The topological polar surface area (TPSA) is 40.5 Å². The van der Waals surface area contributed by atoms with Crippen LogP contribution in [0.25, 0.3) is 0 Å². The molecule has 0 bridgehead atoms. The van der Waals surface area contributed by atoms with E-state index >= 15 is 0 Å². The van der Waals surface area contributed by atoms with Crippen molar-refractivity contribution in [3.8, 4) is 0 Å². The average Bonchev–Trinajstić information content (AvgIpc) is 2.26. The van der Waals surface area contributed by atoms with E-state index in [0.717, 1.165) is 16.2 Å². The molecular weight excluding hydrogens is 232 g/mol. The molecule has 4 heteroatoms. The first-order valence-corrected chi connectivity index (χ1v) is 6.16. The zero-order valence-corrected chi connectivity index (χ0v) is 10.2. The van der Waals surface area contributed by atoms with Crippen molar-refractivity contribution in [2.24, 2.45) is 5.92 Å². The highest BCUT2D eigenvalue weighted by Crippen LogP contribution is 2.27. The summed E-state index contributed by atoms with van der Waals surface area (Å²) in [6, 6.07) is 5.49. The van der Waals surface area contributed by atoms with Crippen molar-refractivity contribution in [1.29, 1.82) is 0 Å². The van der Waals surface area contributed by atoms with Crippen LogP contribution < -0.4 is 0 Å². The predicted molar refractivity (Wildman–Crippen MR) is 64.3 cm³/mol. The molecule has 0 aromatic heterocycles. The Kier molecular flexibility index (Phi) is 5.47. The monoisotopic (exact) mass is 246 g/mol. The number of benzene rings is 1. The van der Waals surface area contributed by atoms with Gasteiger partial charge >= 0.3 is 0 Å². The Bertz CT molecular complexity index is 317. The molecule has 2 N–H and O–H groups in total. The molecule has 1 atom stereocenters. The normalized spacial score (nSPS) is 12.8. The molecule has 0 heterocycles. The molecule has 0 saturated heterocycles. The smallest absolute Gasteiger partial charge is 0.0693 e. The summed E-state index contributed by atoms with van der Waals surface area (Å²) in [5.41, 5.74) is 0.845. The Morgan fingerprint density at radius 2 is 2.13 bits per heavy atom.